The molecule has 2 aliphatic heterocycles. The highest BCUT2D eigenvalue weighted by atomic mass is 16.5. The molecule has 0 aliphatic carbocycles. The van der Waals surface area contributed by atoms with Gasteiger partial charge in [0.1, 0.15) is 0 Å². The molecule has 0 saturated carbocycles. The van der Waals surface area contributed by atoms with E-state index >= 15 is 0 Å². The number of carbonyl (C=O) groups excluding carboxylic acids is 2. The Morgan fingerprint density at radius 2 is 2.05 bits per heavy atom. The smallest absolute Gasteiger partial charge is 0.296 e. The highest BCUT2D eigenvalue weighted by Gasteiger charge is 2.28. The Morgan fingerprint density at radius 1 is 1.30 bits per heavy atom. The molecule has 2 heterocycles. The first-order valence-electron chi connectivity index (χ1n) is 6.94. The van der Waals surface area contributed by atoms with E-state index in [0.29, 0.717) is 17.2 Å². The van der Waals surface area contributed by atoms with Crippen LogP contribution in [0.1, 0.15) is 23.2 Å². The van der Waals surface area contributed by atoms with Gasteiger partial charge >= 0.3 is 0 Å². The third-order valence-electron chi connectivity index (χ3n) is 4.02. The first-order valence-corrected chi connectivity index (χ1v) is 6.94. The van der Waals surface area contributed by atoms with E-state index in [9.17, 15) is 9.59 Å². The quantitative estimate of drug-likeness (QED) is 0.852. The molecule has 3 rings (SSSR count). The summed E-state index contributed by atoms with van der Waals surface area (Å²) in [6.45, 7) is 2.64. The zero-order chi connectivity index (χ0) is 14.1. The molecule has 106 valence electrons. The Hall–Kier alpha value is -1.88. The lowest BCUT2D eigenvalue weighted by Crippen LogP contribution is -2.29. The molecule has 0 unspecified atom stereocenters. The largest absolute Gasteiger partial charge is 0.381 e. The van der Waals surface area contributed by atoms with Gasteiger partial charge < -0.3 is 15.0 Å². The molecule has 2 aliphatic rings. The van der Waals surface area contributed by atoms with Gasteiger partial charge in [0.25, 0.3) is 11.7 Å². The third kappa shape index (κ3) is 2.41. The lowest BCUT2D eigenvalue weighted by atomic mass is 9.99. The van der Waals surface area contributed by atoms with Crippen LogP contribution in [0, 0.1) is 5.92 Å². The van der Waals surface area contributed by atoms with Crippen LogP contribution in [-0.4, -0.2) is 38.5 Å². The van der Waals surface area contributed by atoms with E-state index in [1.54, 1.807) is 6.07 Å². The number of ketones is 1. The van der Waals surface area contributed by atoms with Gasteiger partial charge in [-0.2, -0.15) is 0 Å². The van der Waals surface area contributed by atoms with Crippen LogP contribution < -0.4 is 10.2 Å². The van der Waals surface area contributed by atoms with E-state index in [1.165, 1.54) is 0 Å². The maximum Gasteiger partial charge on any atom is 0.296 e. The number of carbonyl (C=O) groups is 2. The molecule has 1 saturated heterocycles. The average molecular weight is 274 g/mol. The van der Waals surface area contributed by atoms with Crippen LogP contribution in [0.2, 0.25) is 0 Å². The molecule has 1 aromatic rings. The number of anilines is 2. The first kappa shape index (κ1) is 13.1. The summed E-state index contributed by atoms with van der Waals surface area (Å²) in [4.78, 5) is 25.1. The molecule has 1 aromatic carbocycles. The number of nitrogens with zero attached hydrogens (tertiary/aromatic N) is 1. The van der Waals surface area contributed by atoms with Crippen molar-refractivity contribution in [3.63, 3.8) is 0 Å². The number of Topliss-reactive ketones (excluding diaryl/α,β-unsaturated/α-hetero) is 1. The normalized spacial score (nSPS) is 18.9. The number of hydrogen-bond donors (Lipinski definition) is 1. The van der Waals surface area contributed by atoms with E-state index in [2.05, 4.69) is 10.2 Å². The minimum atomic E-state index is -0.538. The standard InChI is InChI=1S/C15H18N2O3/c1-17(9-10-4-6-20-7-5-10)11-2-3-12-13(8-11)16-15(19)14(12)18/h2-3,8,10H,4-7,9H2,1H3,(H,16,18,19). The van der Waals surface area contributed by atoms with Crippen LogP contribution in [0.3, 0.4) is 0 Å². The molecule has 1 amide bonds. The second-order valence-electron chi connectivity index (χ2n) is 5.45. The lowest BCUT2D eigenvalue weighted by molar-refractivity contribution is -0.112. The predicted octanol–water partition coefficient (Wildman–Crippen LogP) is 1.68. The molecular formula is C15H18N2O3. The van der Waals surface area contributed by atoms with Gasteiger partial charge in [-0.25, -0.2) is 0 Å². The zero-order valence-electron chi connectivity index (χ0n) is 11.5. The SMILES string of the molecule is CN(CC1CCOCC1)c1ccc2c(c1)NC(=O)C2=O. The van der Waals surface area contributed by atoms with Crippen molar-refractivity contribution in [2.24, 2.45) is 5.92 Å². The summed E-state index contributed by atoms with van der Waals surface area (Å²) < 4.78 is 5.37. The van der Waals surface area contributed by atoms with Gasteiger partial charge in [0.2, 0.25) is 0 Å². The molecule has 5 heteroatoms. The Kier molecular flexibility index (Phi) is 3.44. The molecule has 0 spiro atoms. The molecule has 0 radical (unpaired) electrons. The monoisotopic (exact) mass is 274 g/mol. The number of ether oxygens (including phenoxy) is 1. The molecule has 5 nitrogen and oxygen atoms in total. The second kappa shape index (κ2) is 5.25. The van der Waals surface area contributed by atoms with Crippen molar-refractivity contribution in [1.29, 1.82) is 0 Å². The summed E-state index contributed by atoms with van der Waals surface area (Å²) >= 11 is 0. The maximum absolute atomic E-state index is 11.6. The van der Waals surface area contributed by atoms with Crippen molar-refractivity contribution in [1.82, 2.24) is 0 Å². The summed E-state index contributed by atoms with van der Waals surface area (Å²) in [7, 11) is 2.04. The Balaban J connectivity index is 1.73. The summed E-state index contributed by atoms with van der Waals surface area (Å²) in [5.41, 5.74) is 2.11. The first-order chi connectivity index (χ1) is 9.65. The second-order valence-corrected chi connectivity index (χ2v) is 5.45. The summed E-state index contributed by atoms with van der Waals surface area (Å²) in [6, 6.07) is 5.50. The zero-order valence-corrected chi connectivity index (χ0v) is 11.5. The van der Waals surface area contributed by atoms with E-state index in [1.807, 2.05) is 19.2 Å². The van der Waals surface area contributed by atoms with E-state index in [4.69, 9.17) is 4.74 Å². The van der Waals surface area contributed by atoms with Crippen molar-refractivity contribution >= 4 is 23.1 Å². The Morgan fingerprint density at radius 3 is 2.80 bits per heavy atom. The number of rotatable bonds is 3. The Labute approximate surface area is 117 Å². The summed E-state index contributed by atoms with van der Waals surface area (Å²) in [6.07, 6.45) is 2.18. The van der Waals surface area contributed by atoms with Crippen LogP contribution in [0.5, 0.6) is 0 Å². The Bertz CT molecular complexity index is 550. The molecular weight excluding hydrogens is 256 g/mol. The highest BCUT2D eigenvalue weighted by Crippen LogP contribution is 2.28. The molecule has 1 fully saturated rings. The molecule has 0 atom stereocenters. The molecule has 0 bridgehead atoms. The van der Waals surface area contributed by atoms with Crippen molar-refractivity contribution in [3.05, 3.63) is 23.8 Å². The summed E-state index contributed by atoms with van der Waals surface area (Å²) in [5, 5.41) is 2.61. The van der Waals surface area contributed by atoms with Gasteiger partial charge in [-0.05, 0) is 37.0 Å². The van der Waals surface area contributed by atoms with Crippen LogP contribution >= 0.6 is 0 Å². The number of nitrogens with one attached hydrogen (secondary N) is 1. The topological polar surface area (TPSA) is 58.6 Å². The minimum Gasteiger partial charge on any atom is -0.381 e. The number of fused-ring (bicyclic) bond motifs is 1. The molecule has 0 aromatic heterocycles. The number of benzene rings is 1. The highest BCUT2D eigenvalue weighted by molar-refractivity contribution is 6.51. The van der Waals surface area contributed by atoms with E-state index in [0.717, 1.165) is 38.3 Å². The van der Waals surface area contributed by atoms with Crippen LogP contribution in [-0.2, 0) is 9.53 Å². The average Bonchev–Trinajstić information content (AvgIpc) is 2.74. The fraction of sp³-hybridized carbons (Fsp3) is 0.467. The van der Waals surface area contributed by atoms with Gasteiger partial charge in [0.05, 0.1) is 11.3 Å². The van der Waals surface area contributed by atoms with E-state index < -0.39 is 11.7 Å². The van der Waals surface area contributed by atoms with Crippen molar-refractivity contribution < 1.29 is 14.3 Å². The molecule has 20 heavy (non-hydrogen) atoms. The number of hydrogen-bond acceptors (Lipinski definition) is 4. The maximum atomic E-state index is 11.6. The van der Waals surface area contributed by atoms with Gasteiger partial charge in [-0.15, -0.1) is 0 Å². The minimum absolute atomic E-state index is 0.446. The van der Waals surface area contributed by atoms with Crippen molar-refractivity contribution in [2.45, 2.75) is 12.8 Å². The van der Waals surface area contributed by atoms with Crippen molar-refractivity contribution in [2.75, 3.05) is 37.0 Å². The van der Waals surface area contributed by atoms with Gasteiger partial charge in [0.15, 0.2) is 0 Å². The van der Waals surface area contributed by atoms with Crippen LogP contribution in [0.15, 0.2) is 18.2 Å². The van der Waals surface area contributed by atoms with Crippen LogP contribution in [0.25, 0.3) is 0 Å². The number of amides is 1. The van der Waals surface area contributed by atoms with Gasteiger partial charge in [0, 0.05) is 32.5 Å². The molecule has 1 N–H and O–H groups in total. The summed E-state index contributed by atoms with van der Waals surface area (Å²) in [5.74, 6) is -0.346. The van der Waals surface area contributed by atoms with Crippen molar-refractivity contribution in [3.8, 4) is 0 Å². The van der Waals surface area contributed by atoms with Gasteiger partial charge in [-0.3, -0.25) is 9.59 Å². The third-order valence-corrected chi connectivity index (χ3v) is 4.02. The van der Waals surface area contributed by atoms with Gasteiger partial charge in [-0.1, -0.05) is 0 Å². The van der Waals surface area contributed by atoms with Crippen LogP contribution in [0.4, 0.5) is 11.4 Å². The fourth-order valence-electron chi connectivity index (χ4n) is 2.79. The lowest BCUT2D eigenvalue weighted by Gasteiger charge is -2.28. The van der Waals surface area contributed by atoms with E-state index in [-0.39, 0.29) is 0 Å². The fourth-order valence-corrected chi connectivity index (χ4v) is 2.79. The predicted molar refractivity (Wildman–Crippen MR) is 76.2 cm³/mol.